The van der Waals surface area contributed by atoms with Gasteiger partial charge < -0.3 is 45.4 Å². The van der Waals surface area contributed by atoms with Crippen LogP contribution in [0.15, 0.2) is 0 Å². The molecule has 25 heavy (non-hydrogen) atoms. The first-order valence-corrected chi connectivity index (χ1v) is 8.07. The van der Waals surface area contributed by atoms with Crippen molar-refractivity contribution in [2.24, 2.45) is 0 Å². The highest BCUT2D eigenvalue weighted by molar-refractivity contribution is 5.81. The van der Waals surface area contributed by atoms with Crippen LogP contribution in [0.5, 0.6) is 0 Å². The summed E-state index contributed by atoms with van der Waals surface area (Å²) in [5.41, 5.74) is 0. The minimum Gasteiger partial charge on any atom is -0.394 e. The summed E-state index contributed by atoms with van der Waals surface area (Å²) in [7, 11) is 0. The lowest BCUT2D eigenvalue weighted by Crippen LogP contribution is -2.60. The second-order valence-corrected chi connectivity index (χ2v) is 5.95. The molecular weight excluding hydrogens is 338 g/mol. The summed E-state index contributed by atoms with van der Waals surface area (Å²) in [6.45, 7) is 5.94. The number of hydrogen-bond donors (Lipinski definition) is 7. The van der Waals surface area contributed by atoms with Gasteiger partial charge in [0.2, 0.25) is 5.91 Å². The molecule has 1 aliphatic heterocycles. The minimum atomic E-state index is -1.77. The predicted molar refractivity (Wildman–Crippen MR) is 82.9 cm³/mol. The van der Waals surface area contributed by atoms with Crippen molar-refractivity contribution in [1.82, 2.24) is 5.32 Å². The number of ether oxygens (including phenoxy) is 2. The molecular formula is C15H27NO9. The first-order valence-electron chi connectivity index (χ1n) is 8.07. The topological polar surface area (TPSA) is 169 Å². The molecule has 2 radical (unpaired) electrons. The van der Waals surface area contributed by atoms with Crippen LogP contribution in [0.2, 0.25) is 0 Å². The Bertz CT molecular complexity index is 406. The van der Waals surface area contributed by atoms with E-state index < -0.39 is 61.5 Å². The van der Waals surface area contributed by atoms with Gasteiger partial charge in [-0.15, -0.1) is 0 Å². The van der Waals surface area contributed by atoms with E-state index in [2.05, 4.69) is 5.32 Å². The van der Waals surface area contributed by atoms with Crippen molar-refractivity contribution in [3.63, 3.8) is 0 Å². The number of carbonyl (C=O) groups is 1. The number of nitrogens with one attached hydrogen (secondary N) is 1. The monoisotopic (exact) mass is 365 g/mol. The molecule has 0 aromatic carbocycles. The van der Waals surface area contributed by atoms with Gasteiger partial charge in [-0.3, -0.25) is 4.79 Å². The normalized spacial score (nSPS) is 33.5. The van der Waals surface area contributed by atoms with E-state index in [-0.39, 0.29) is 6.61 Å². The second-order valence-electron chi connectivity index (χ2n) is 5.95. The SMILES string of the molecule is [CH][C@@H](O)C(=O)N[C@@H](CO[C@@H]1OC(CO)[C@H](O)[C@H](O)C1O)[C@H](O)CCC. The average molecular weight is 365 g/mol. The van der Waals surface area contributed by atoms with Crippen molar-refractivity contribution in [1.29, 1.82) is 0 Å². The van der Waals surface area contributed by atoms with Crippen LogP contribution in [0, 0.1) is 6.92 Å². The fourth-order valence-electron chi connectivity index (χ4n) is 2.42. The third kappa shape index (κ3) is 6.12. The number of amides is 1. The van der Waals surface area contributed by atoms with E-state index in [0.29, 0.717) is 12.8 Å². The fraction of sp³-hybridized carbons (Fsp3) is 0.867. The third-order valence-corrected chi connectivity index (χ3v) is 3.93. The molecule has 1 rings (SSSR count). The summed E-state index contributed by atoms with van der Waals surface area (Å²) < 4.78 is 10.5. The number of carbonyl (C=O) groups excluding carboxylic acids is 1. The van der Waals surface area contributed by atoms with E-state index in [1.54, 1.807) is 0 Å². The van der Waals surface area contributed by atoms with Crippen LogP contribution in [0.3, 0.4) is 0 Å². The molecule has 1 saturated heterocycles. The minimum absolute atomic E-state index is 0.323. The summed E-state index contributed by atoms with van der Waals surface area (Å²) in [5.74, 6) is -0.919. The maximum absolute atomic E-state index is 11.5. The van der Waals surface area contributed by atoms with Gasteiger partial charge in [-0.05, 0) is 6.42 Å². The molecule has 0 aliphatic carbocycles. The van der Waals surface area contributed by atoms with Crippen molar-refractivity contribution < 1.29 is 44.9 Å². The lowest BCUT2D eigenvalue weighted by Gasteiger charge is -2.40. The first-order chi connectivity index (χ1) is 11.7. The number of aliphatic hydroxyl groups is 6. The molecule has 0 spiro atoms. The molecule has 0 aromatic rings. The Balaban J connectivity index is 2.71. The Morgan fingerprint density at radius 3 is 2.40 bits per heavy atom. The Kier molecular flexibility index (Phi) is 9.17. The quantitative estimate of drug-likeness (QED) is 0.219. The van der Waals surface area contributed by atoms with Crippen molar-refractivity contribution in [3.05, 3.63) is 6.92 Å². The highest BCUT2D eigenvalue weighted by atomic mass is 16.7. The van der Waals surface area contributed by atoms with Crippen molar-refractivity contribution in [3.8, 4) is 0 Å². The highest BCUT2D eigenvalue weighted by Gasteiger charge is 2.44. The van der Waals surface area contributed by atoms with Gasteiger partial charge >= 0.3 is 0 Å². The van der Waals surface area contributed by atoms with Crippen molar-refractivity contribution >= 4 is 5.91 Å². The van der Waals surface area contributed by atoms with Gasteiger partial charge in [0, 0.05) is 6.92 Å². The van der Waals surface area contributed by atoms with Crippen molar-refractivity contribution in [2.75, 3.05) is 13.2 Å². The molecule has 1 amide bonds. The molecule has 0 aromatic heterocycles. The van der Waals surface area contributed by atoms with E-state index >= 15 is 0 Å². The first kappa shape index (κ1) is 22.2. The maximum atomic E-state index is 11.5. The standard InChI is InChI=1S/C15H27NO9/c1-3-4-9(19)8(16-14(23)7(2)18)6-24-15-13(22)12(21)11(20)10(5-17)25-15/h2,7-13,15,17-22H,3-6H2,1H3,(H,16,23)/t7-,8+,9-,10?,11+,12+,13?,15-/m1/s1. The molecule has 1 fully saturated rings. The summed E-state index contributed by atoms with van der Waals surface area (Å²) in [5, 5.41) is 59.9. The second kappa shape index (κ2) is 10.3. The van der Waals surface area contributed by atoms with Gasteiger partial charge in [-0.2, -0.15) is 0 Å². The molecule has 1 aliphatic rings. The third-order valence-electron chi connectivity index (χ3n) is 3.93. The van der Waals surface area contributed by atoms with Gasteiger partial charge in [-0.1, -0.05) is 13.3 Å². The van der Waals surface area contributed by atoms with Crippen LogP contribution in [0.25, 0.3) is 0 Å². The lowest BCUT2D eigenvalue weighted by molar-refractivity contribution is -0.302. The molecule has 1 heterocycles. The molecule has 146 valence electrons. The zero-order valence-electron chi connectivity index (χ0n) is 13.9. The van der Waals surface area contributed by atoms with Crippen LogP contribution in [-0.2, 0) is 14.3 Å². The molecule has 0 saturated carbocycles. The lowest BCUT2D eigenvalue weighted by atomic mass is 9.99. The summed E-state index contributed by atoms with van der Waals surface area (Å²) in [4.78, 5) is 11.5. The number of rotatable bonds is 9. The van der Waals surface area contributed by atoms with E-state index in [0.717, 1.165) is 0 Å². The van der Waals surface area contributed by atoms with Crippen LogP contribution < -0.4 is 5.32 Å². The molecule has 7 N–H and O–H groups in total. The van der Waals surface area contributed by atoms with Gasteiger partial charge in [-0.25, -0.2) is 0 Å². The largest absolute Gasteiger partial charge is 0.394 e. The van der Waals surface area contributed by atoms with Crippen LogP contribution >= 0.6 is 0 Å². The molecule has 0 bridgehead atoms. The number of hydrogen-bond acceptors (Lipinski definition) is 9. The zero-order valence-corrected chi connectivity index (χ0v) is 13.9. The summed E-state index contributed by atoms with van der Waals surface area (Å²) >= 11 is 0. The number of aliphatic hydroxyl groups excluding tert-OH is 6. The highest BCUT2D eigenvalue weighted by Crippen LogP contribution is 2.22. The molecule has 8 atom stereocenters. The van der Waals surface area contributed by atoms with Gasteiger partial charge in [0.15, 0.2) is 6.29 Å². The summed E-state index contributed by atoms with van der Waals surface area (Å²) in [6.07, 6.45) is -9.11. The summed E-state index contributed by atoms with van der Waals surface area (Å²) in [6, 6.07) is -0.960. The van der Waals surface area contributed by atoms with Crippen LogP contribution in [-0.4, -0.2) is 98.7 Å². The van der Waals surface area contributed by atoms with E-state index in [1.807, 2.05) is 6.92 Å². The molecule has 10 heteroatoms. The van der Waals surface area contributed by atoms with Crippen LogP contribution in [0.4, 0.5) is 0 Å². The Hall–Kier alpha value is -0.850. The molecule has 10 nitrogen and oxygen atoms in total. The van der Waals surface area contributed by atoms with Crippen LogP contribution in [0.1, 0.15) is 19.8 Å². The van der Waals surface area contributed by atoms with Gasteiger partial charge in [0.05, 0.1) is 25.4 Å². The van der Waals surface area contributed by atoms with Crippen molar-refractivity contribution in [2.45, 2.75) is 68.7 Å². The Morgan fingerprint density at radius 2 is 1.88 bits per heavy atom. The zero-order chi connectivity index (χ0) is 19.1. The fourth-order valence-corrected chi connectivity index (χ4v) is 2.42. The van der Waals surface area contributed by atoms with E-state index in [9.17, 15) is 25.2 Å². The molecule has 2 unspecified atom stereocenters. The van der Waals surface area contributed by atoms with E-state index in [4.69, 9.17) is 26.6 Å². The smallest absolute Gasteiger partial charge is 0.249 e. The predicted octanol–water partition coefficient (Wildman–Crippen LogP) is -3.48. The Labute approximate surface area is 146 Å². The Morgan fingerprint density at radius 1 is 1.24 bits per heavy atom. The van der Waals surface area contributed by atoms with Gasteiger partial charge in [0.25, 0.3) is 0 Å². The maximum Gasteiger partial charge on any atom is 0.249 e. The average Bonchev–Trinajstić information content (AvgIpc) is 2.57. The van der Waals surface area contributed by atoms with Gasteiger partial charge in [0.1, 0.15) is 30.5 Å². The van der Waals surface area contributed by atoms with E-state index in [1.165, 1.54) is 0 Å².